The molecule has 2 aromatic carbocycles. The lowest BCUT2D eigenvalue weighted by atomic mass is 9.66. The highest BCUT2D eigenvalue weighted by Gasteiger charge is 2.53. The van der Waals surface area contributed by atoms with Crippen LogP contribution < -0.4 is 0 Å². The molecule has 0 fully saturated rings. The Morgan fingerprint density at radius 1 is 0.852 bits per heavy atom. The standard InChI is InChI=1S/C25H18BrCl/c26-15-12-13-17-16-6-1-3-8-19(16)25(22(17)14-15)20-9-4-2-7-18(20)24-21(25)10-5-11-23(24)27/h1-2,5-7,10-14H,3-4,8-9H2. The summed E-state index contributed by atoms with van der Waals surface area (Å²) in [5.74, 6) is 0. The fourth-order valence-electron chi connectivity index (χ4n) is 5.74. The van der Waals surface area contributed by atoms with Crippen molar-refractivity contribution in [2.75, 3.05) is 0 Å². The smallest absolute Gasteiger partial charge is 0.0652 e. The molecular weight excluding hydrogens is 416 g/mol. The summed E-state index contributed by atoms with van der Waals surface area (Å²) in [6.07, 6.45) is 13.7. The van der Waals surface area contributed by atoms with Crippen LogP contribution in [0.1, 0.15) is 47.9 Å². The van der Waals surface area contributed by atoms with Crippen molar-refractivity contribution in [2.24, 2.45) is 0 Å². The van der Waals surface area contributed by atoms with E-state index in [-0.39, 0.29) is 5.41 Å². The fourth-order valence-corrected chi connectivity index (χ4v) is 6.38. The molecule has 4 aliphatic carbocycles. The first-order chi connectivity index (χ1) is 13.2. The summed E-state index contributed by atoms with van der Waals surface area (Å²) in [5, 5.41) is 0.875. The second-order valence-electron chi connectivity index (χ2n) is 7.77. The predicted molar refractivity (Wildman–Crippen MR) is 117 cm³/mol. The molecule has 0 N–H and O–H groups in total. The van der Waals surface area contributed by atoms with Crippen molar-refractivity contribution in [3.8, 4) is 0 Å². The number of benzene rings is 2. The predicted octanol–water partition coefficient (Wildman–Crippen LogP) is 7.62. The minimum absolute atomic E-state index is 0.139. The molecule has 0 bridgehead atoms. The molecule has 0 saturated heterocycles. The van der Waals surface area contributed by atoms with Crippen LogP contribution in [0.15, 0.2) is 76.3 Å². The largest absolute Gasteiger partial charge is 0.0837 e. The lowest BCUT2D eigenvalue weighted by molar-refractivity contribution is 0.661. The maximum atomic E-state index is 6.78. The third-order valence-corrected chi connectivity index (χ3v) is 7.42. The van der Waals surface area contributed by atoms with Crippen LogP contribution in [0.25, 0.3) is 11.1 Å². The van der Waals surface area contributed by atoms with Gasteiger partial charge in [-0.1, -0.05) is 70.0 Å². The molecule has 2 aromatic rings. The maximum absolute atomic E-state index is 6.78. The SMILES string of the molecule is Clc1cccc2c1C1=C(CCC=C1)C21C2=C(C=CCC2)c2ccc(Br)cc21. The minimum Gasteiger partial charge on any atom is -0.0837 e. The van der Waals surface area contributed by atoms with Crippen molar-refractivity contribution in [1.29, 1.82) is 0 Å². The second-order valence-corrected chi connectivity index (χ2v) is 9.09. The van der Waals surface area contributed by atoms with Crippen LogP contribution in [0.2, 0.25) is 5.02 Å². The number of halogens is 2. The van der Waals surface area contributed by atoms with Crippen LogP contribution in [0.3, 0.4) is 0 Å². The Bertz CT molecular complexity index is 1140. The van der Waals surface area contributed by atoms with E-state index in [1.807, 2.05) is 6.07 Å². The highest BCUT2D eigenvalue weighted by atomic mass is 79.9. The average Bonchev–Trinajstić information content (AvgIpc) is 3.15. The van der Waals surface area contributed by atoms with E-state index in [2.05, 4.69) is 70.6 Å². The zero-order valence-electron chi connectivity index (χ0n) is 14.9. The van der Waals surface area contributed by atoms with Gasteiger partial charge in [-0.3, -0.25) is 0 Å². The topological polar surface area (TPSA) is 0 Å². The van der Waals surface area contributed by atoms with Crippen LogP contribution in [-0.4, -0.2) is 0 Å². The first-order valence-corrected chi connectivity index (χ1v) is 10.8. The van der Waals surface area contributed by atoms with Gasteiger partial charge in [0.1, 0.15) is 0 Å². The zero-order valence-corrected chi connectivity index (χ0v) is 17.2. The van der Waals surface area contributed by atoms with Gasteiger partial charge in [-0.2, -0.15) is 0 Å². The Balaban J connectivity index is 1.82. The number of allylic oxidation sites excluding steroid dienone is 8. The van der Waals surface area contributed by atoms with E-state index in [1.54, 1.807) is 11.1 Å². The van der Waals surface area contributed by atoms with Crippen molar-refractivity contribution in [1.82, 2.24) is 0 Å². The zero-order chi connectivity index (χ0) is 18.2. The summed E-state index contributed by atoms with van der Waals surface area (Å²) < 4.78 is 1.15. The first kappa shape index (κ1) is 16.2. The number of hydrogen-bond acceptors (Lipinski definition) is 0. The van der Waals surface area contributed by atoms with E-state index in [0.29, 0.717) is 0 Å². The average molecular weight is 434 g/mol. The van der Waals surface area contributed by atoms with Crippen molar-refractivity contribution in [2.45, 2.75) is 31.1 Å². The van der Waals surface area contributed by atoms with Gasteiger partial charge in [0.2, 0.25) is 0 Å². The highest BCUT2D eigenvalue weighted by molar-refractivity contribution is 9.10. The van der Waals surface area contributed by atoms with Crippen LogP contribution in [0, 0.1) is 0 Å². The Kier molecular flexibility index (Phi) is 3.35. The Hall–Kier alpha value is -1.83. The molecule has 6 rings (SSSR count). The molecular formula is C25H18BrCl. The van der Waals surface area contributed by atoms with Gasteiger partial charge in [-0.25, -0.2) is 0 Å². The maximum Gasteiger partial charge on any atom is 0.0652 e. The molecule has 0 nitrogen and oxygen atoms in total. The molecule has 27 heavy (non-hydrogen) atoms. The van der Waals surface area contributed by atoms with Gasteiger partial charge in [0.05, 0.1) is 5.41 Å². The molecule has 1 atom stereocenters. The van der Waals surface area contributed by atoms with Crippen LogP contribution >= 0.6 is 27.5 Å². The van der Waals surface area contributed by atoms with Gasteiger partial charge >= 0.3 is 0 Å². The van der Waals surface area contributed by atoms with Gasteiger partial charge in [0, 0.05) is 15.1 Å². The summed E-state index contributed by atoms with van der Waals surface area (Å²) in [5.41, 5.74) is 11.2. The van der Waals surface area contributed by atoms with E-state index in [0.717, 1.165) is 35.2 Å². The molecule has 1 spiro atoms. The molecule has 132 valence electrons. The van der Waals surface area contributed by atoms with E-state index in [1.165, 1.54) is 33.4 Å². The summed E-state index contributed by atoms with van der Waals surface area (Å²) in [4.78, 5) is 0. The van der Waals surface area contributed by atoms with E-state index in [9.17, 15) is 0 Å². The third-order valence-electron chi connectivity index (χ3n) is 6.61. The molecule has 1 unspecified atom stereocenters. The van der Waals surface area contributed by atoms with Crippen molar-refractivity contribution < 1.29 is 0 Å². The lowest BCUT2D eigenvalue weighted by Crippen LogP contribution is -2.29. The van der Waals surface area contributed by atoms with Gasteiger partial charge in [0.25, 0.3) is 0 Å². The molecule has 0 radical (unpaired) electrons. The van der Waals surface area contributed by atoms with Crippen LogP contribution in [0.4, 0.5) is 0 Å². The number of fused-ring (bicyclic) bond motifs is 8. The monoisotopic (exact) mass is 432 g/mol. The normalized spacial score (nSPS) is 24.4. The molecule has 0 aromatic heterocycles. The highest BCUT2D eigenvalue weighted by Crippen LogP contribution is 2.65. The van der Waals surface area contributed by atoms with Crippen LogP contribution in [-0.2, 0) is 5.41 Å². The van der Waals surface area contributed by atoms with Crippen molar-refractivity contribution >= 4 is 38.7 Å². The van der Waals surface area contributed by atoms with E-state index < -0.39 is 0 Å². The summed E-state index contributed by atoms with van der Waals surface area (Å²) in [6, 6.07) is 13.3. The Labute approximate surface area is 173 Å². The molecule has 0 saturated carbocycles. The summed E-state index contributed by atoms with van der Waals surface area (Å²) >= 11 is 10.5. The molecule has 2 heteroatoms. The Morgan fingerprint density at radius 2 is 1.59 bits per heavy atom. The van der Waals surface area contributed by atoms with Gasteiger partial charge in [-0.05, 0) is 82.9 Å². The lowest BCUT2D eigenvalue weighted by Gasteiger charge is -2.36. The quantitative estimate of drug-likeness (QED) is 0.401. The van der Waals surface area contributed by atoms with Gasteiger partial charge < -0.3 is 0 Å². The minimum atomic E-state index is -0.139. The van der Waals surface area contributed by atoms with Crippen molar-refractivity contribution in [3.63, 3.8) is 0 Å². The fraction of sp³-hybridized carbons (Fsp3) is 0.200. The third kappa shape index (κ3) is 1.90. The number of rotatable bonds is 0. The van der Waals surface area contributed by atoms with Crippen molar-refractivity contribution in [3.05, 3.63) is 104 Å². The Morgan fingerprint density at radius 3 is 2.41 bits per heavy atom. The first-order valence-electron chi connectivity index (χ1n) is 9.63. The summed E-state index contributed by atoms with van der Waals surface area (Å²) in [7, 11) is 0. The second kappa shape index (κ2) is 5.59. The summed E-state index contributed by atoms with van der Waals surface area (Å²) in [6.45, 7) is 0. The molecule has 0 aliphatic heterocycles. The van der Waals surface area contributed by atoms with Crippen LogP contribution in [0.5, 0.6) is 0 Å². The molecule has 0 amide bonds. The van der Waals surface area contributed by atoms with E-state index >= 15 is 0 Å². The molecule has 0 heterocycles. The van der Waals surface area contributed by atoms with E-state index in [4.69, 9.17) is 11.6 Å². The van der Waals surface area contributed by atoms with Gasteiger partial charge in [-0.15, -0.1) is 0 Å². The number of hydrogen-bond donors (Lipinski definition) is 0. The van der Waals surface area contributed by atoms with Gasteiger partial charge in [0.15, 0.2) is 0 Å². The molecule has 4 aliphatic rings.